The molecule has 6 heteroatoms. The fourth-order valence-electron chi connectivity index (χ4n) is 4.48. The van der Waals surface area contributed by atoms with Crippen molar-refractivity contribution in [3.05, 3.63) is 59.2 Å². The number of thioether (sulfide) groups is 1. The number of carbonyl (C=O) groups is 2. The predicted octanol–water partition coefficient (Wildman–Crippen LogP) is 3.74. The summed E-state index contributed by atoms with van der Waals surface area (Å²) in [4.78, 5) is 31.0. The number of nitrogens with zero attached hydrogens (tertiary/aromatic N) is 2. The summed E-state index contributed by atoms with van der Waals surface area (Å²) in [5.41, 5.74) is 3.95. The van der Waals surface area contributed by atoms with Crippen LogP contribution in [0.2, 0.25) is 0 Å². The highest BCUT2D eigenvalue weighted by Crippen LogP contribution is 2.38. The lowest BCUT2D eigenvalue weighted by Crippen LogP contribution is -2.46. The Morgan fingerprint density at radius 1 is 1.00 bits per heavy atom. The quantitative estimate of drug-likeness (QED) is 0.824. The molecule has 1 atom stereocenters. The maximum atomic E-state index is 13.1. The van der Waals surface area contributed by atoms with Crippen molar-refractivity contribution in [2.75, 3.05) is 25.0 Å². The minimum atomic E-state index is -0.164. The average molecular weight is 408 g/mol. The minimum Gasteiger partial charge on any atom is -0.334 e. The first-order valence-electron chi connectivity index (χ1n) is 10.4. The van der Waals surface area contributed by atoms with Gasteiger partial charge in [0.25, 0.3) is 11.8 Å². The number of amides is 2. The van der Waals surface area contributed by atoms with Crippen molar-refractivity contribution in [2.24, 2.45) is 0 Å². The van der Waals surface area contributed by atoms with Gasteiger partial charge < -0.3 is 10.2 Å². The average Bonchev–Trinajstić information content (AvgIpc) is 2.78. The van der Waals surface area contributed by atoms with E-state index in [0.717, 1.165) is 49.5 Å². The van der Waals surface area contributed by atoms with Crippen molar-refractivity contribution >= 4 is 29.3 Å². The molecule has 150 valence electrons. The van der Waals surface area contributed by atoms with Gasteiger partial charge in [-0.3, -0.25) is 14.5 Å². The molecular weight excluding hydrogens is 382 g/mol. The van der Waals surface area contributed by atoms with Gasteiger partial charge in [-0.25, -0.2) is 0 Å². The number of benzene rings is 2. The summed E-state index contributed by atoms with van der Waals surface area (Å²) in [6.07, 6.45) is 4.45. The molecule has 0 aromatic heterocycles. The van der Waals surface area contributed by atoms with Gasteiger partial charge in [0.2, 0.25) is 0 Å². The van der Waals surface area contributed by atoms with Crippen molar-refractivity contribution in [1.29, 1.82) is 0 Å². The summed E-state index contributed by atoms with van der Waals surface area (Å²) in [6.45, 7) is 3.33. The Balaban J connectivity index is 1.33. The van der Waals surface area contributed by atoms with Crippen molar-refractivity contribution in [1.82, 2.24) is 9.80 Å². The zero-order chi connectivity index (χ0) is 19.8. The molecule has 2 aromatic rings. The third-order valence-corrected chi connectivity index (χ3v) is 7.43. The first kappa shape index (κ1) is 18.7. The lowest BCUT2D eigenvalue weighted by molar-refractivity contribution is -0.118. The Morgan fingerprint density at radius 2 is 1.79 bits per heavy atom. The zero-order valence-electron chi connectivity index (χ0n) is 16.4. The van der Waals surface area contributed by atoms with Crippen molar-refractivity contribution in [3.8, 4) is 0 Å². The summed E-state index contributed by atoms with van der Waals surface area (Å²) in [6, 6.07) is 14.0. The molecule has 3 aliphatic heterocycles. The second-order valence-corrected chi connectivity index (χ2v) is 9.13. The van der Waals surface area contributed by atoms with Gasteiger partial charge in [0.1, 0.15) is 5.37 Å². The largest absolute Gasteiger partial charge is 0.334 e. The van der Waals surface area contributed by atoms with Gasteiger partial charge in [0, 0.05) is 23.5 Å². The number of nitrogens with one attached hydrogen (secondary N) is 1. The number of rotatable bonds is 2. The Kier molecular flexibility index (Phi) is 5.06. The smallest absolute Gasteiger partial charge is 0.254 e. The lowest BCUT2D eigenvalue weighted by Gasteiger charge is -2.36. The molecule has 5 rings (SSSR count). The first-order valence-corrected chi connectivity index (χ1v) is 11.3. The lowest BCUT2D eigenvalue weighted by atomic mass is 9.99. The van der Waals surface area contributed by atoms with Gasteiger partial charge in [-0.2, -0.15) is 0 Å². The monoisotopic (exact) mass is 407 g/mol. The normalized spacial score (nSPS) is 21.9. The SMILES string of the molecule is O=C1Nc2cc(C(=O)N3CCc4ccccc4C3)ccc2SC1N1CCCCC1. The molecule has 3 heterocycles. The molecule has 1 N–H and O–H groups in total. The van der Waals surface area contributed by atoms with Crippen LogP contribution in [0.5, 0.6) is 0 Å². The Labute approximate surface area is 175 Å². The van der Waals surface area contributed by atoms with Crippen molar-refractivity contribution < 1.29 is 9.59 Å². The van der Waals surface area contributed by atoms with Gasteiger partial charge in [-0.05, 0) is 61.7 Å². The maximum absolute atomic E-state index is 13.1. The molecule has 0 saturated carbocycles. The highest BCUT2D eigenvalue weighted by molar-refractivity contribution is 8.00. The van der Waals surface area contributed by atoms with E-state index in [1.165, 1.54) is 17.5 Å². The predicted molar refractivity (Wildman–Crippen MR) is 115 cm³/mol. The van der Waals surface area contributed by atoms with E-state index < -0.39 is 0 Å². The first-order chi connectivity index (χ1) is 14.2. The highest BCUT2D eigenvalue weighted by atomic mass is 32.2. The van der Waals surface area contributed by atoms with Crippen molar-refractivity contribution in [2.45, 2.75) is 42.5 Å². The van der Waals surface area contributed by atoms with Crippen LogP contribution in [0.15, 0.2) is 47.4 Å². The van der Waals surface area contributed by atoms with E-state index in [-0.39, 0.29) is 17.2 Å². The number of fused-ring (bicyclic) bond motifs is 2. The van der Waals surface area contributed by atoms with E-state index in [1.807, 2.05) is 29.2 Å². The van der Waals surface area contributed by atoms with Crippen LogP contribution in [0, 0.1) is 0 Å². The van der Waals surface area contributed by atoms with Gasteiger partial charge in [-0.1, -0.05) is 42.4 Å². The van der Waals surface area contributed by atoms with E-state index in [0.29, 0.717) is 12.1 Å². The summed E-state index contributed by atoms with van der Waals surface area (Å²) in [5.74, 6) is 0.0561. The van der Waals surface area contributed by atoms with Gasteiger partial charge >= 0.3 is 0 Å². The third-order valence-electron chi connectivity index (χ3n) is 6.09. The third kappa shape index (κ3) is 3.67. The van der Waals surface area contributed by atoms with Crippen LogP contribution in [0.3, 0.4) is 0 Å². The van der Waals surface area contributed by atoms with Crippen LogP contribution >= 0.6 is 11.8 Å². The Bertz CT molecular complexity index is 955. The molecule has 3 aliphatic rings. The molecule has 1 unspecified atom stereocenters. The van der Waals surface area contributed by atoms with E-state index >= 15 is 0 Å². The minimum absolute atomic E-state index is 0.0275. The van der Waals surface area contributed by atoms with E-state index in [1.54, 1.807) is 11.8 Å². The number of carbonyl (C=O) groups excluding carboxylic acids is 2. The summed E-state index contributed by atoms with van der Waals surface area (Å²) in [5, 5.41) is 2.88. The summed E-state index contributed by atoms with van der Waals surface area (Å²) in [7, 11) is 0. The topological polar surface area (TPSA) is 52.7 Å². The zero-order valence-corrected chi connectivity index (χ0v) is 17.2. The van der Waals surface area contributed by atoms with Crippen LogP contribution in [0.4, 0.5) is 5.69 Å². The van der Waals surface area contributed by atoms with Crippen molar-refractivity contribution in [3.63, 3.8) is 0 Å². The summed E-state index contributed by atoms with van der Waals surface area (Å²) < 4.78 is 0. The standard InChI is InChI=1S/C23H25N3O2S/c27-21-23(25-11-4-1-5-12-25)29-20-9-8-17(14-19(20)24-21)22(28)26-13-10-16-6-2-3-7-18(16)15-26/h2-3,6-9,14,23H,1,4-5,10-13,15H2,(H,24,27). The Morgan fingerprint density at radius 3 is 2.62 bits per heavy atom. The number of hydrogen-bond acceptors (Lipinski definition) is 4. The second-order valence-electron chi connectivity index (χ2n) is 8.01. The molecule has 29 heavy (non-hydrogen) atoms. The molecule has 0 radical (unpaired) electrons. The second kappa shape index (κ2) is 7.84. The molecule has 1 saturated heterocycles. The van der Waals surface area contributed by atoms with E-state index in [2.05, 4.69) is 28.4 Å². The molecule has 0 aliphatic carbocycles. The number of likely N-dealkylation sites (tertiary alicyclic amines) is 1. The summed E-state index contributed by atoms with van der Waals surface area (Å²) >= 11 is 1.61. The number of hydrogen-bond donors (Lipinski definition) is 1. The van der Waals surface area contributed by atoms with Crippen LogP contribution in [0.25, 0.3) is 0 Å². The number of anilines is 1. The Hall–Kier alpha value is -2.31. The highest BCUT2D eigenvalue weighted by Gasteiger charge is 2.33. The molecule has 2 aromatic carbocycles. The fraction of sp³-hybridized carbons (Fsp3) is 0.391. The maximum Gasteiger partial charge on any atom is 0.254 e. The van der Waals surface area contributed by atoms with Gasteiger partial charge in [0.15, 0.2) is 0 Å². The van der Waals surface area contributed by atoms with Crippen LogP contribution in [-0.2, 0) is 17.8 Å². The molecule has 1 fully saturated rings. The van der Waals surface area contributed by atoms with E-state index in [4.69, 9.17) is 0 Å². The van der Waals surface area contributed by atoms with Gasteiger partial charge in [-0.15, -0.1) is 0 Å². The van der Waals surface area contributed by atoms with Crippen LogP contribution < -0.4 is 5.32 Å². The number of piperidine rings is 1. The molecule has 2 amide bonds. The van der Waals surface area contributed by atoms with Gasteiger partial charge in [0.05, 0.1) is 5.69 Å². The molecule has 0 spiro atoms. The molecular formula is C23H25N3O2S. The molecule has 0 bridgehead atoms. The van der Waals surface area contributed by atoms with Crippen LogP contribution in [0.1, 0.15) is 40.7 Å². The molecule has 5 nitrogen and oxygen atoms in total. The van der Waals surface area contributed by atoms with E-state index in [9.17, 15) is 9.59 Å². The van der Waals surface area contributed by atoms with Crippen LogP contribution in [-0.4, -0.2) is 46.6 Å². The fourth-order valence-corrected chi connectivity index (χ4v) is 5.63.